The number of hydrogen-bond acceptors (Lipinski definition) is 5. The van der Waals surface area contributed by atoms with Crippen molar-refractivity contribution in [3.8, 4) is 11.8 Å². The van der Waals surface area contributed by atoms with Gasteiger partial charge in [0, 0.05) is 11.1 Å². The van der Waals surface area contributed by atoms with Crippen molar-refractivity contribution in [1.82, 2.24) is 4.98 Å². The van der Waals surface area contributed by atoms with Gasteiger partial charge in [0.1, 0.15) is 11.8 Å². The maximum Gasteiger partial charge on any atom is 0.266 e. The number of anilines is 1. The number of amides is 1. The van der Waals surface area contributed by atoms with Crippen LogP contribution in [0.2, 0.25) is 0 Å². The molecule has 0 bridgehead atoms. The molecule has 0 radical (unpaired) electrons. The SMILES string of the molecule is Cc1cnc(NC(=O)[C@@H](C)Oc2ccccc2C#N)s1. The number of aryl methyl sites for hydroxylation is 1. The molecule has 6 heteroatoms. The minimum atomic E-state index is -0.714. The number of nitrogens with zero attached hydrogens (tertiary/aromatic N) is 2. The van der Waals surface area contributed by atoms with Gasteiger partial charge in [-0.1, -0.05) is 12.1 Å². The number of benzene rings is 1. The zero-order valence-corrected chi connectivity index (χ0v) is 11.9. The summed E-state index contributed by atoms with van der Waals surface area (Å²) < 4.78 is 5.52. The van der Waals surface area contributed by atoms with Crippen LogP contribution in [-0.4, -0.2) is 17.0 Å². The zero-order valence-electron chi connectivity index (χ0n) is 11.1. The summed E-state index contributed by atoms with van der Waals surface area (Å²) in [6.45, 7) is 3.54. The van der Waals surface area contributed by atoms with Crippen LogP contribution in [0.4, 0.5) is 5.13 Å². The molecule has 0 spiro atoms. The Balaban J connectivity index is 2.02. The van der Waals surface area contributed by atoms with Crippen molar-refractivity contribution in [2.45, 2.75) is 20.0 Å². The highest BCUT2D eigenvalue weighted by atomic mass is 32.1. The van der Waals surface area contributed by atoms with E-state index < -0.39 is 6.10 Å². The molecule has 102 valence electrons. The molecule has 5 nitrogen and oxygen atoms in total. The number of carbonyl (C=O) groups is 1. The first-order valence-electron chi connectivity index (χ1n) is 5.99. The second-order valence-corrected chi connectivity index (χ2v) is 5.37. The van der Waals surface area contributed by atoms with Crippen molar-refractivity contribution in [3.63, 3.8) is 0 Å². The van der Waals surface area contributed by atoms with Gasteiger partial charge in [0.2, 0.25) is 0 Å². The lowest BCUT2D eigenvalue weighted by Gasteiger charge is -2.14. The van der Waals surface area contributed by atoms with Crippen molar-refractivity contribution < 1.29 is 9.53 Å². The molecule has 0 saturated heterocycles. The third-order valence-corrected chi connectivity index (χ3v) is 3.36. The minimum Gasteiger partial charge on any atom is -0.480 e. The lowest BCUT2D eigenvalue weighted by atomic mass is 10.2. The molecule has 0 aliphatic heterocycles. The number of aromatic nitrogens is 1. The number of para-hydroxylation sites is 1. The predicted octanol–water partition coefficient (Wildman–Crippen LogP) is 2.73. The highest BCUT2D eigenvalue weighted by molar-refractivity contribution is 7.15. The summed E-state index contributed by atoms with van der Waals surface area (Å²) in [5.74, 6) is 0.0973. The van der Waals surface area contributed by atoms with E-state index in [4.69, 9.17) is 10.00 Å². The van der Waals surface area contributed by atoms with Crippen molar-refractivity contribution in [2.24, 2.45) is 0 Å². The Labute approximate surface area is 120 Å². The number of carbonyl (C=O) groups excluding carboxylic acids is 1. The monoisotopic (exact) mass is 287 g/mol. The van der Waals surface area contributed by atoms with Crippen LogP contribution in [0.25, 0.3) is 0 Å². The van der Waals surface area contributed by atoms with Gasteiger partial charge in [-0.2, -0.15) is 5.26 Å². The Morgan fingerprint density at radius 2 is 2.25 bits per heavy atom. The quantitative estimate of drug-likeness (QED) is 0.938. The van der Waals surface area contributed by atoms with Gasteiger partial charge in [-0.3, -0.25) is 10.1 Å². The summed E-state index contributed by atoms with van der Waals surface area (Å²) in [4.78, 5) is 17.0. The Kier molecular flexibility index (Phi) is 4.33. The predicted molar refractivity (Wildman–Crippen MR) is 76.7 cm³/mol. The van der Waals surface area contributed by atoms with Crippen LogP contribution in [-0.2, 0) is 4.79 Å². The summed E-state index contributed by atoms with van der Waals surface area (Å²) in [6, 6.07) is 8.83. The lowest BCUT2D eigenvalue weighted by Crippen LogP contribution is -2.30. The van der Waals surface area contributed by atoms with Crippen molar-refractivity contribution >= 4 is 22.4 Å². The molecule has 2 rings (SSSR count). The fraction of sp³-hybridized carbons (Fsp3) is 0.214. The van der Waals surface area contributed by atoms with Gasteiger partial charge in [0.25, 0.3) is 5.91 Å². The topological polar surface area (TPSA) is 75.0 Å². The van der Waals surface area contributed by atoms with E-state index in [2.05, 4.69) is 10.3 Å². The maximum atomic E-state index is 12.0. The van der Waals surface area contributed by atoms with Crippen LogP contribution >= 0.6 is 11.3 Å². The van der Waals surface area contributed by atoms with E-state index in [1.807, 2.05) is 13.0 Å². The average Bonchev–Trinajstić information content (AvgIpc) is 2.84. The second kappa shape index (κ2) is 6.17. The van der Waals surface area contributed by atoms with Crippen LogP contribution in [0.1, 0.15) is 17.4 Å². The first-order valence-corrected chi connectivity index (χ1v) is 6.81. The Hall–Kier alpha value is -2.39. The highest BCUT2D eigenvalue weighted by Crippen LogP contribution is 2.20. The first kappa shape index (κ1) is 14.0. The average molecular weight is 287 g/mol. The van der Waals surface area contributed by atoms with Crippen molar-refractivity contribution in [2.75, 3.05) is 5.32 Å². The zero-order chi connectivity index (χ0) is 14.5. The van der Waals surface area contributed by atoms with Gasteiger partial charge in [-0.25, -0.2) is 4.98 Å². The van der Waals surface area contributed by atoms with Crippen LogP contribution in [0.5, 0.6) is 5.75 Å². The largest absolute Gasteiger partial charge is 0.480 e. The van der Waals surface area contributed by atoms with Crippen LogP contribution in [0.3, 0.4) is 0 Å². The van der Waals surface area contributed by atoms with Crippen molar-refractivity contribution in [3.05, 3.63) is 40.9 Å². The fourth-order valence-electron chi connectivity index (χ4n) is 1.53. The molecule has 1 N–H and O–H groups in total. The van der Waals surface area contributed by atoms with E-state index in [0.29, 0.717) is 16.4 Å². The van der Waals surface area contributed by atoms with Crippen LogP contribution < -0.4 is 10.1 Å². The molecule has 1 amide bonds. The molecule has 1 aromatic carbocycles. The number of ether oxygens (including phenoxy) is 1. The molecule has 0 unspecified atom stereocenters. The molecule has 0 saturated carbocycles. The van der Waals surface area contributed by atoms with E-state index >= 15 is 0 Å². The molecule has 0 aliphatic carbocycles. The molecular formula is C14H13N3O2S. The molecule has 0 fully saturated rings. The lowest BCUT2D eigenvalue weighted by molar-refractivity contribution is -0.122. The van der Waals surface area contributed by atoms with Gasteiger partial charge >= 0.3 is 0 Å². The van der Waals surface area contributed by atoms with Crippen LogP contribution in [0, 0.1) is 18.3 Å². The standard InChI is InChI=1S/C14H13N3O2S/c1-9-8-16-14(20-9)17-13(18)10(2)19-12-6-4-3-5-11(12)7-15/h3-6,8,10H,1-2H3,(H,16,17,18)/t10-/m1/s1. The number of rotatable bonds is 4. The second-order valence-electron chi connectivity index (χ2n) is 4.13. The number of thiazole rings is 1. The Morgan fingerprint density at radius 3 is 2.90 bits per heavy atom. The third kappa shape index (κ3) is 3.33. The van der Waals surface area contributed by atoms with Gasteiger partial charge < -0.3 is 4.74 Å². The Morgan fingerprint density at radius 1 is 1.50 bits per heavy atom. The van der Waals surface area contributed by atoms with Gasteiger partial charge in [0.15, 0.2) is 11.2 Å². The number of hydrogen-bond donors (Lipinski definition) is 1. The summed E-state index contributed by atoms with van der Waals surface area (Å²) in [6.07, 6.45) is 0.977. The van der Waals surface area contributed by atoms with Gasteiger partial charge in [-0.05, 0) is 26.0 Å². The molecule has 0 aliphatic rings. The van der Waals surface area contributed by atoms with E-state index in [1.165, 1.54) is 11.3 Å². The number of nitriles is 1. The highest BCUT2D eigenvalue weighted by Gasteiger charge is 2.17. The van der Waals surface area contributed by atoms with E-state index in [0.717, 1.165) is 4.88 Å². The van der Waals surface area contributed by atoms with Gasteiger partial charge in [-0.15, -0.1) is 11.3 Å². The van der Waals surface area contributed by atoms with E-state index in [1.54, 1.807) is 37.4 Å². The Bertz CT molecular complexity index is 660. The van der Waals surface area contributed by atoms with Gasteiger partial charge in [0.05, 0.1) is 5.56 Å². The smallest absolute Gasteiger partial charge is 0.266 e. The van der Waals surface area contributed by atoms with Crippen molar-refractivity contribution in [1.29, 1.82) is 5.26 Å². The normalized spacial score (nSPS) is 11.4. The van der Waals surface area contributed by atoms with E-state index in [-0.39, 0.29) is 5.91 Å². The van der Waals surface area contributed by atoms with E-state index in [9.17, 15) is 4.79 Å². The van der Waals surface area contributed by atoms with Crippen LogP contribution in [0.15, 0.2) is 30.5 Å². The summed E-state index contributed by atoms with van der Waals surface area (Å²) in [5.41, 5.74) is 0.400. The summed E-state index contributed by atoms with van der Waals surface area (Å²) >= 11 is 1.40. The molecule has 20 heavy (non-hydrogen) atoms. The summed E-state index contributed by atoms with van der Waals surface area (Å²) in [7, 11) is 0. The summed E-state index contributed by atoms with van der Waals surface area (Å²) in [5, 5.41) is 12.2. The molecular weight excluding hydrogens is 274 g/mol. The third-order valence-electron chi connectivity index (χ3n) is 2.53. The molecule has 1 atom stereocenters. The first-order chi connectivity index (χ1) is 9.60. The molecule has 1 aromatic heterocycles. The molecule has 1 heterocycles. The molecule has 2 aromatic rings. The minimum absolute atomic E-state index is 0.299. The maximum absolute atomic E-state index is 12.0. The number of nitrogens with one attached hydrogen (secondary N) is 1. The fourth-order valence-corrected chi connectivity index (χ4v) is 2.19.